The highest BCUT2D eigenvalue weighted by atomic mass is 79.9. The molecule has 142 valence electrons. The first kappa shape index (κ1) is 20.7. The molecule has 0 bridgehead atoms. The van der Waals surface area contributed by atoms with Crippen LogP contribution in [0, 0.1) is 11.3 Å². The normalized spacial score (nSPS) is 11.3. The number of hydrogen-bond acceptors (Lipinski definition) is 3. The van der Waals surface area contributed by atoms with Crippen molar-refractivity contribution in [1.29, 1.82) is 5.26 Å². The lowest BCUT2D eigenvalue weighted by Crippen LogP contribution is -2.10. The monoisotopic (exact) mass is 482 g/mol. The van der Waals surface area contributed by atoms with Crippen molar-refractivity contribution in [1.82, 2.24) is 4.98 Å². The van der Waals surface area contributed by atoms with Crippen molar-refractivity contribution in [3.63, 3.8) is 0 Å². The van der Waals surface area contributed by atoms with Gasteiger partial charge in [-0.05, 0) is 29.8 Å². The van der Waals surface area contributed by atoms with E-state index >= 15 is 0 Å². The fourth-order valence-electron chi connectivity index (χ4n) is 2.49. The molecule has 2 aromatic carbocycles. The first-order chi connectivity index (χ1) is 13.3. The number of halogens is 5. The molecule has 0 unspecified atom stereocenters. The van der Waals surface area contributed by atoms with Gasteiger partial charge in [0.25, 0.3) is 0 Å². The maximum Gasteiger partial charge on any atom is 0.417 e. The Bertz CT molecular complexity index is 1050. The molecule has 3 aromatic rings. The van der Waals surface area contributed by atoms with Crippen LogP contribution in [0.5, 0.6) is 0 Å². The zero-order chi connectivity index (χ0) is 20.3. The Morgan fingerprint density at radius 3 is 2.39 bits per heavy atom. The molecule has 28 heavy (non-hydrogen) atoms. The number of alkyl halides is 3. The summed E-state index contributed by atoms with van der Waals surface area (Å²) in [6.45, 7) is 0. The van der Waals surface area contributed by atoms with Crippen molar-refractivity contribution in [2.24, 2.45) is 0 Å². The summed E-state index contributed by atoms with van der Waals surface area (Å²) >= 11 is 10.5. The molecule has 0 N–H and O–H groups in total. The number of nitriles is 1. The average Bonchev–Trinajstić information content (AvgIpc) is 2.66. The van der Waals surface area contributed by atoms with Crippen LogP contribution in [0.4, 0.5) is 13.2 Å². The van der Waals surface area contributed by atoms with Gasteiger partial charge in [-0.25, -0.2) is 4.98 Å². The van der Waals surface area contributed by atoms with Crippen LogP contribution in [-0.4, -0.2) is 4.98 Å². The molecule has 1 aromatic heterocycles. The van der Waals surface area contributed by atoms with Gasteiger partial charge in [-0.15, -0.1) is 11.8 Å². The predicted octanol–water partition coefficient (Wildman–Crippen LogP) is 7.35. The summed E-state index contributed by atoms with van der Waals surface area (Å²) in [6.07, 6.45) is -4.67. The minimum atomic E-state index is -4.67. The third-order valence-corrected chi connectivity index (χ3v) is 5.79. The van der Waals surface area contributed by atoms with Gasteiger partial charge >= 0.3 is 6.18 Å². The summed E-state index contributed by atoms with van der Waals surface area (Å²) in [6, 6.07) is 16.4. The van der Waals surface area contributed by atoms with Crippen LogP contribution in [0.2, 0.25) is 5.02 Å². The Kier molecular flexibility index (Phi) is 6.33. The fraction of sp³-hybridized carbons (Fsp3) is 0.100. The van der Waals surface area contributed by atoms with E-state index in [4.69, 9.17) is 11.6 Å². The number of hydrogen-bond donors (Lipinski definition) is 0. The molecule has 2 nitrogen and oxygen atoms in total. The van der Waals surface area contributed by atoms with Crippen LogP contribution in [0.15, 0.2) is 64.1 Å². The lowest BCUT2D eigenvalue weighted by molar-refractivity contribution is -0.138. The number of thioether (sulfide) groups is 1. The van der Waals surface area contributed by atoms with Gasteiger partial charge < -0.3 is 0 Å². The van der Waals surface area contributed by atoms with Crippen LogP contribution in [-0.2, 0) is 11.9 Å². The van der Waals surface area contributed by atoms with Crippen LogP contribution in [0.1, 0.15) is 16.7 Å². The first-order valence-electron chi connectivity index (χ1n) is 7.94. The van der Waals surface area contributed by atoms with Crippen LogP contribution < -0.4 is 0 Å². The second-order valence-electron chi connectivity index (χ2n) is 5.73. The number of nitrogens with zero attached hydrogens (tertiary/aromatic N) is 2. The molecule has 0 amide bonds. The minimum Gasteiger partial charge on any atom is -0.240 e. The highest BCUT2D eigenvalue weighted by Gasteiger charge is 2.36. The number of pyridine rings is 1. The van der Waals surface area contributed by atoms with E-state index in [0.29, 0.717) is 16.3 Å². The first-order valence-corrected chi connectivity index (χ1v) is 10.1. The van der Waals surface area contributed by atoms with Crippen LogP contribution >= 0.6 is 39.3 Å². The summed E-state index contributed by atoms with van der Waals surface area (Å²) < 4.78 is 41.6. The van der Waals surface area contributed by atoms with Crippen molar-refractivity contribution in [2.75, 3.05) is 0 Å². The number of aromatic nitrogens is 1. The van der Waals surface area contributed by atoms with Crippen LogP contribution in [0.25, 0.3) is 11.3 Å². The van der Waals surface area contributed by atoms with Crippen LogP contribution in [0.3, 0.4) is 0 Å². The van der Waals surface area contributed by atoms with Gasteiger partial charge in [-0.2, -0.15) is 18.4 Å². The number of rotatable bonds is 4. The molecule has 0 aliphatic heterocycles. The average molecular weight is 484 g/mol. The molecular weight excluding hydrogens is 473 g/mol. The van der Waals surface area contributed by atoms with Gasteiger partial charge in [0.05, 0.1) is 16.8 Å². The van der Waals surface area contributed by atoms with E-state index in [0.717, 1.165) is 27.9 Å². The summed E-state index contributed by atoms with van der Waals surface area (Å²) in [4.78, 5) is 4.34. The maximum atomic E-state index is 13.6. The smallest absolute Gasteiger partial charge is 0.240 e. The third-order valence-electron chi connectivity index (χ3n) is 3.87. The molecule has 3 rings (SSSR count). The Labute approximate surface area is 177 Å². The molecule has 0 fully saturated rings. The SMILES string of the molecule is N#Cc1c(C(F)(F)F)cc(-c2ccc(Br)cc2)nc1SCc1ccccc1Cl. The van der Waals surface area contributed by atoms with Crippen molar-refractivity contribution in [3.8, 4) is 17.3 Å². The van der Waals surface area contributed by atoms with Crippen molar-refractivity contribution in [2.45, 2.75) is 17.0 Å². The van der Waals surface area contributed by atoms with Gasteiger partial charge in [-0.3, -0.25) is 0 Å². The fourth-order valence-corrected chi connectivity index (χ4v) is 4.04. The highest BCUT2D eigenvalue weighted by Crippen LogP contribution is 2.39. The maximum absolute atomic E-state index is 13.6. The second kappa shape index (κ2) is 8.56. The summed E-state index contributed by atoms with van der Waals surface area (Å²) in [5.41, 5.74) is -0.0456. The Morgan fingerprint density at radius 2 is 1.79 bits per heavy atom. The van der Waals surface area contributed by atoms with Gasteiger partial charge in [0, 0.05) is 20.8 Å². The second-order valence-corrected chi connectivity index (χ2v) is 8.02. The largest absolute Gasteiger partial charge is 0.417 e. The zero-order valence-electron chi connectivity index (χ0n) is 14.1. The minimum absolute atomic E-state index is 0.0233. The molecule has 0 radical (unpaired) electrons. The Morgan fingerprint density at radius 1 is 1.11 bits per heavy atom. The van der Waals surface area contributed by atoms with E-state index in [1.807, 2.05) is 0 Å². The molecule has 0 saturated heterocycles. The Balaban J connectivity index is 2.08. The summed E-state index contributed by atoms with van der Waals surface area (Å²) in [5.74, 6) is 0.294. The summed E-state index contributed by atoms with van der Waals surface area (Å²) in [7, 11) is 0. The third kappa shape index (κ3) is 4.69. The molecule has 8 heteroatoms. The van der Waals surface area contributed by atoms with Gasteiger partial charge in [0.2, 0.25) is 0 Å². The van der Waals surface area contributed by atoms with E-state index in [9.17, 15) is 18.4 Å². The van der Waals surface area contributed by atoms with Crippen molar-refractivity contribution >= 4 is 39.3 Å². The lowest BCUT2D eigenvalue weighted by atomic mass is 10.1. The quantitative estimate of drug-likeness (QED) is 0.364. The predicted molar refractivity (Wildman–Crippen MR) is 108 cm³/mol. The molecular formula is C20H11BrClF3N2S. The number of benzene rings is 2. The van der Waals surface area contributed by atoms with E-state index in [-0.39, 0.29) is 10.7 Å². The molecule has 0 atom stereocenters. The highest BCUT2D eigenvalue weighted by molar-refractivity contribution is 9.10. The standard InChI is InChI=1S/C20H11BrClF3N2S/c21-14-7-5-12(6-8-14)18-9-16(20(23,24)25)15(10-26)19(27-18)28-11-13-3-1-2-4-17(13)22/h1-9H,11H2. The molecule has 0 aliphatic rings. The zero-order valence-corrected chi connectivity index (χ0v) is 17.3. The van der Waals surface area contributed by atoms with Gasteiger partial charge in [0.1, 0.15) is 11.1 Å². The summed E-state index contributed by atoms with van der Waals surface area (Å²) in [5, 5.41) is 9.91. The van der Waals surface area contributed by atoms with E-state index in [1.165, 1.54) is 0 Å². The molecule has 1 heterocycles. The molecule has 0 spiro atoms. The van der Waals surface area contributed by atoms with Gasteiger partial charge in [-0.1, -0.05) is 57.9 Å². The van der Waals surface area contributed by atoms with Gasteiger partial charge in [0.15, 0.2) is 0 Å². The molecule has 0 saturated carbocycles. The van der Waals surface area contributed by atoms with E-state index in [1.54, 1.807) is 54.6 Å². The van der Waals surface area contributed by atoms with Crippen molar-refractivity contribution < 1.29 is 13.2 Å². The van der Waals surface area contributed by atoms with Crippen molar-refractivity contribution in [3.05, 3.63) is 80.8 Å². The molecule has 0 aliphatic carbocycles. The van der Waals surface area contributed by atoms with E-state index in [2.05, 4.69) is 20.9 Å². The topological polar surface area (TPSA) is 36.7 Å². The lowest BCUT2D eigenvalue weighted by Gasteiger charge is -2.14. The Hall–Kier alpha value is -2.01. The van der Waals surface area contributed by atoms with E-state index < -0.39 is 17.3 Å².